The van der Waals surface area contributed by atoms with E-state index in [0.717, 1.165) is 0 Å². The summed E-state index contributed by atoms with van der Waals surface area (Å²) in [6.45, 7) is -1.85. The molecule has 138 valence electrons. The lowest BCUT2D eigenvalue weighted by Crippen LogP contribution is -2.64. The van der Waals surface area contributed by atoms with Crippen LogP contribution in [-0.2, 0) is 4.74 Å². The minimum absolute atomic E-state index is 0.886. The van der Waals surface area contributed by atoms with E-state index in [1.165, 1.54) is 0 Å². The number of hydrogen-bond donors (Lipinski definition) is 10. The second-order valence-electron chi connectivity index (χ2n) is 5.33. The maximum Gasteiger partial charge on any atom is 0.115 e. The summed E-state index contributed by atoms with van der Waals surface area (Å²) < 4.78 is 12.8. The Morgan fingerprint density at radius 1 is 0.826 bits per heavy atom. The van der Waals surface area contributed by atoms with Crippen molar-refractivity contribution in [3.8, 4) is 0 Å². The van der Waals surface area contributed by atoms with Crippen LogP contribution in [0.4, 0.5) is 0 Å². The monoisotopic (exact) mass is 345 g/mol. The number of hydrogen-bond acceptors (Lipinski definition) is 11. The van der Waals surface area contributed by atoms with Crippen LogP contribution < -0.4 is 0 Å². The van der Waals surface area contributed by atoms with Gasteiger partial charge in [-0.3, -0.25) is 0 Å². The molecule has 11 nitrogen and oxygen atoms in total. The standard InChI is InChI=1S/C12H24O11/c13-1-3(15)5(16)7(18)9(20)11(22)12-10(21)8(19)6(17)4(2-14)23-12/h3-22H,1-2H2/t3-,4-,5-,6-,7+,8+,9-,10+,11?,12?/m1/s1/i12D. The van der Waals surface area contributed by atoms with Gasteiger partial charge in [0, 0.05) is 0 Å². The normalized spacial score (nSPS) is 42.4. The minimum atomic E-state index is -2.88. The Hall–Kier alpha value is -0.440. The van der Waals surface area contributed by atoms with Crippen molar-refractivity contribution in [1.29, 1.82) is 0 Å². The Morgan fingerprint density at radius 3 is 1.87 bits per heavy atom. The SMILES string of the molecule is [2H]C1(C(O)[C@H](O)[C@@H](O)[C@H](O)[C@H](O)CO)O[C@H](CO)[C@@H](O)[C@H](O)[C@@H]1O. The van der Waals surface area contributed by atoms with Crippen molar-refractivity contribution in [1.82, 2.24) is 0 Å². The van der Waals surface area contributed by atoms with Gasteiger partial charge in [-0.05, 0) is 0 Å². The Kier molecular flexibility index (Phi) is 7.06. The predicted octanol–water partition coefficient (Wildman–Crippen LogP) is -6.37. The molecule has 0 aromatic rings. The van der Waals surface area contributed by atoms with Gasteiger partial charge in [-0.25, -0.2) is 0 Å². The van der Waals surface area contributed by atoms with Crippen LogP contribution in [0, 0.1) is 0 Å². The summed E-state index contributed by atoms with van der Waals surface area (Å²) in [4.78, 5) is 0. The first-order chi connectivity index (χ1) is 11.0. The lowest BCUT2D eigenvalue weighted by atomic mass is 9.88. The minimum Gasteiger partial charge on any atom is -0.394 e. The fourth-order valence-electron chi connectivity index (χ4n) is 2.17. The number of ether oxygens (including phenoxy) is 1. The van der Waals surface area contributed by atoms with E-state index in [1.54, 1.807) is 0 Å². The molecule has 0 aromatic carbocycles. The van der Waals surface area contributed by atoms with Crippen LogP contribution in [0.15, 0.2) is 0 Å². The van der Waals surface area contributed by atoms with E-state index in [0.29, 0.717) is 0 Å². The smallest absolute Gasteiger partial charge is 0.115 e. The highest BCUT2D eigenvalue weighted by molar-refractivity contribution is 4.98. The molecule has 0 aromatic heterocycles. The maximum atomic E-state index is 10.1. The van der Waals surface area contributed by atoms with Crippen LogP contribution in [-0.4, -0.2) is 125 Å². The molecule has 23 heavy (non-hydrogen) atoms. The molecule has 2 unspecified atom stereocenters. The molecule has 0 bridgehead atoms. The molecule has 1 fully saturated rings. The molecule has 11 heteroatoms. The van der Waals surface area contributed by atoms with Gasteiger partial charge < -0.3 is 55.8 Å². The van der Waals surface area contributed by atoms with E-state index in [2.05, 4.69) is 0 Å². The molecular weight excluding hydrogens is 320 g/mol. The van der Waals surface area contributed by atoms with E-state index >= 15 is 0 Å². The van der Waals surface area contributed by atoms with Crippen LogP contribution in [0.1, 0.15) is 1.37 Å². The highest BCUT2D eigenvalue weighted by atomic mass is 16.6. The van der Waals surface area contributed by atoms with Crippen molar-refractivity contribution >= 4 is 0 Å². The zero-order valence-corrected chi connectivity index (χ0v) is 12.0. The van der Waals surface area contributed by atoms with Crippen LogP contribution in [0.2, 0.25) is 0 Å². The highest BCUT2D eigenvalue weighted by Gasteiger charge is 2.49. The lowest BCUT2D eigenvalue weighted by Gasteiger charge is -2.43. The van der Waals surface area contributed by atoms with Gasteiger partial charge in [-0.2, -0.15) is 0 Å². The molecule has 1 rings (SSSR count). The van der Waals surface area contributed by atoms with Crippen molar-refractivity contribution in [3.63, 3.8) is 0 Å². The second kappa shape index (κ2) is 8.60. The first-order valence-corrected chi connectivity index (χ1v) is 6.87. The quantitative estimate of drug-likeness (QED) is 0.209. The fraction of sp³-hybridized carbons (Fsp3) is 1.00. The van der Waals surface area contributed by atoms with Gasteiger partial charge in [-0.15, -0.1) is 0 Å². The van der Waals surface area contributed by atoms with Gasteiger partial charge in [-0.1, -0.05) is 0 Å². The molecule has 0 spiro atoms. The third-order valence-electron chi connectivity index (χ3n) is 3.71. The molecule has 1 heterocycles. The van der Waals surface area contributed by atoms with Crippen LogP contribution >= 0.6 is 0 Å². The van der Waals surface area contributed by atoms with Crippen molar-refractivity contribution in [3.05, 3.63) is 0 Å². The van der Waals surface area contributed by atoms with E-state index in [9.17, 15) is 40.9 Å². The summed E-state index contributed by atoms with van der Waals surface area (Å²) in [5.74, 6) is 0. The third-order valence-corrected chi connectivity index (χ3v) is 3.71. The number of aliphatic hydroxyl groups is 10. The molecule has 0 radical (unpaired) electrons. The average Bonchev–Trinajstić information content (AvgIpc) is 2.59. The maximum absolute atomic E-state index is 10.1. The summed E-state index contributed by atoms with van der Waals surface area (Å²) in [5.41, 5.74) is 0. The van der Waals surface area contributed by atoms with Gasteiger partial charge in [0.2, 0.25) is 0 Å². The molecular formula is C12H24O11. The van der Waals surface area contributed by atoms with Crippen molar-refractivity contribution in [2.24, 2.45) is 0 Å². The number of aliphatic hydroxyl groups excluding tert-OH is 10. The van der Waals surface area contributed by atoms with Gasteiger partial charge in [0.1, 0.15) is 61.0 Å². The highest BCUT2D eigenvalue weighted by Crippen LogP contribution is 2.25. The molecule has 1 aliphatic heterocycles. The van der Waals surface area contributed by atoms with Crippen molar-refractivity contribution in [2.75, 3.05) is 13.2 Å². The van der Waals surface area contributed by atoms with Crippen molar-refractivity contribution in [2.45, 2.75) is 61.0 Å². The predicted molar refractivity (Wildman–Crippen MR) is 70.9 cm³/mol. The number of rotatable bonds is 7. The third kappa shape index (κ3) is 4.35. The van der Waals surface area contributed by atoms with Crippen molar-refractivity contribution < 1.29 is 57.2 Å². The molecule has 10 N–H and O–H groups in total. The summed E-state index contributed by atoms with van der Waals surface area (Å²) in [6.07, 6.45) is -21.5. The Labute approximate surface area is 132 Å². The van der Waals surface area contributed by atoms with Crippen LogP contribution in [0.25, 0.3) is 0 Å². The molecule has 0 aliphatic carbocycles. The molecule has 10 atom stereocenters. The molecule has 1 saturated heterocycles. The van der Waals surface area contributed by atoms with E-state index in [-0.39, 0.29) is 0 Å². The summed E-state index contributed by atoms with van der Waals surface area (Å²) in [6, 6.07) is 0. The molecule has 1 aliphatic rings. The topological polar surface area (TPSA) is 212 Å². The average molecular weight is 345 g/mol. The second-order valence-corrected chi connectivity index (χ2v) is 5.33. The summed E-state index contributed by atoms with van der Waals surface area (Å²) in [5, 5.41) is 95.3. The summed E-state index contributed by atoms with van der Waals surface area (Å²) >= 11 is 0. The largest absolute Gasteiger partial charge is 0.394 e. The fourth-order valence-corrected chi connectivity index (χ4v) is 2.17. The van der Waals surface area contributed by atoms with Gasteiger partial charge in [0.25, 0.3) is 0 Å². The zero-order valence-electron chi connectivity index (χ0n) is 13.0. The first kappa shape index (κ1) is 18.9. The first-order valence-electron chi connectivity index (χ1n) is 7.37. The zero-order chi connectivity index (χ0) is 18.8. The molecule has 0 amide bonds. The Balaban J connectivity index is 2.99. The molecule has 0 saturated carbocycles. The van der Waals surface area contributed by atoms with Gasteiger partial charge in [0.15, 0.2) is 0 Å². The van der Waals surface area contributed by atoms with E-state index in [1.807, 2.05) is 0 Å². The van der Waals surface area contributed by atoms with Gasteiger partial charge >= 0.3 is 0 Å². The Bertz CT molecular complexity index is 399. The van der Waals surface area contributed by atoms with Crippen LogP contribution in [0.3, 0.4) is 0 Å². The van der Waals surface area contributed by atoms with Crippen LogP contribution in [0.5, 0.6) is 0 Å². The van der Waals surface area contributed by atoms with Gasteiger partial charge in [0.05, 0.1) is 14.6 Å². The Morgan fingerprint density at radius 2 is 1.39 bits per heavy atom. The van der Waals surface area contributed by atoms with E-state index in [4.69, 9.17) is 16.3 Å². The van der Waals surface area contributed by atoms with E-state index < -0.39 is 74.2 Å². The lowest BCUT2D eigenvalue weighted by molar-refractivity contribution is -0.264. The summed E-state index contributed by atoms with van der Waals surface area (Å²) in [7, 11) is 0.